The number of hydrogen-bond donors (Lipinski definition) is 0. The van der Waals surface area contributed by atoms with Crippen molar-refractivity contribution in [3.8, 4) is 11.5 Å². The summed E-state index contributed by atoms with van der Waals surface area (Å²) in [5.74, 6) is 3.03. The third-order valence-corrected chi connectivity index (χ3v) is 4.54. The van der Waals surface area contributed by atoms with Gasteiger partial charge in [0, 0.05) is 19.5 Å². The maximum atomic E-state index is 12.9. The summed E-state index contributed by atoms with van der Waals surface area (Å²) in [6.07, 6.45) is -0.132. The van der Waals surface area contributed by atoms with E-state index in [-0.39, 0.29) is 12.0 Å². The van der Waals surface area contributed by atoms with Gasteiger partial charge in [0.25, 0.3) is 5.91 Å². The quantitative estimate of drug-likeness (QED) is 0.834. The molecule has 2 atom stereocenters. The van der Waals surface area contributed by atoms with E-state index in [0.29, 0.717) is 24.6 Å². The van der Waals surface area contributed by atoms with Crippen LogP contribution in [-0.2, 0) is 24.3 Å². The summed E-state index contributed by atoms with van der Waals surface area (Å²) >= 11 is 0. The average Bonchev–Trinajstić information content (AvgIpc) is 3.02. The molecule has 2 aliphatic heterocycles. The number of carbonyl (C=O) groups is 1. The van der Waals surface area contributed by atoms with E-state index in [2.05, 4.69) is 21.7 Å². The Morgan fingerprint density at radius 3 is 2.71 bits per heavy atom. The lowest BCUT2D eigenvalue weighted by Gasteiger charge is -2.35. The summed E-state index contributed by atoms with van der Waals surface area (Å²) in [7, 11) is 0. The smallest absolute Gasteiger partial charge is 0.268 e. The summed E-state index contributed by atoms with van der Waals surface area (Å²) in [6.45, 7) is 5.72. The molecular formula is C17H20N4O3. The van der Waals surface area contributed by atoms with Crippen LogP contribution in [0.1, 0.15) is 25.5 Å². The number of carbonyl (C=O) groups excluding carboxylic acids is 1. The highest BCUT2D eigenvalue weighted by Crippen LogP contribution is 2.34. The van der Waals surface area contributed by atoms with Gasteiger partial charge in [-0.05, 0) is 19.1 Å². The van der Waals surface area contributed by atoms with Crippen LogP contribution < -0.4 is 9.47 Å². The fraction of sp³-hybridized carbons (Fsp3) is 0.471. The average molecular weight is 328 g/mol. The van der Waals surface area contributed by atoms with Crippen LogP contribution in [0.4, 0.5) is 0 Å². The number of benzene rings is 1. The van der Waals surface area contributed by atoms with Crippen molar-refractivity contribution in [3.63, 3.8) is 0 Å². The predicted molar refractivity (Wildman–Crippen MR) is 85.8 cm³/mol. The molecule has 0 spiro atoms. The lowest BCUT2D eigenvalue weighted by atomic mass is 10.1. The monoisotopic (exact) mass is 328 g/mol. The Hall–Kier alpha value is -2.57. The van der Waals surface area contributed by atoms with Crippen LogP contribution in [0.3, 0.4) is 0 Å². The van der Waals surface area contributed by atoms with Gasteiger partial charge in [-0.2, -0.15) is 0 Å². The number of hydrogen-bond acceptors (Lipinski definition) is 5. The normalized spacial score (nSPS) is 22.2. The van der Waals surface area contributed by atoms with E-state index in [1.54, 1.807) is 4.90 Å². The van der Waals surface area contributed by atoms with Crippen molar-refractivity contribution in [2.75, 3.05) is 6.54 Å². The van der Waals surface area contributed by atoms with Crippen molar-refractivity contribution in [2.24, 2.45) is 0 Å². The molecule has 0 fully saturated rings. The van der Waals surface area contributed by atoms with E-state index >= 15 is 0 Å². The Bertz CT molecular complexity index is 773. The first-order valence-electron chi connectivity index (χ1n) is 8.29. The minimum atomic E-state index is -0.639. The molecule has 0 saturated carbocycles. The zero-order valence-corrected chi connectivity index (χ0v) is 13.8. The number of para-hydroxylation sites is 2. The van der Waals surface area contributed by atoms with E-state index in [1.807, 2.05) is 31.2 Å². The SMILES string of the molecule is CCc1nnc2n1CCN(C(=O)[C@H]1Oc3ccccc3O[C@@H]1C)C2. The van der Waals surface area contributed by atoms with Crippen LogP contribution in [-0.4, -0.2) is 44.3 Å². The van der Waals surface area contributed by atoms with E-state index < -0.39 is 6.10 Å². The third kappa shape index (κ3) is 2.40. The molecular weight excluding hydrogens is 308 g/mol. The summed E-state index contributed by atoms with van der Waals surface area (Å²) in [4.78, 5) is 14.7. The van der Waals surface area contributed by atoms with E-state index in [9.17, 15) is 4.79 Å². The zero-order chi connectivity index (χ0) is 16.7. The topological polar surface area (TPSA) is 69.5 Å². The molecule has 1 aromatic carbocycles. The number of amides is 1. The molecule has 0 bridgehead atoms. The van der Waals surface area contributed by atoms with E-state index in [1.165, 1.54) is 0 Å². The van der Waals surface area contributed by atoms with Crippen LogP contribution >= 0.6 is 0 Å². The van der Waals surface area contributed by atoms with Crippen LogP contribution in [0.25, 0.3) is 0 Å². The number of fused-ring (bicyclic) bond motifs is 2. The second-order valence-corrected chi connectivity index (χ2v) is 6.11. The molecule has 1 aromatic heterocycles. The van der Waals surface area contributed by atoms with Crippen molar-refractivity contribution in [1.82, 2.24) is 19.7 Å². The number of ether oxygens (including phenoxy) is 2. The Kier molecular flexibility index (Phi) is 3.63. The minimum Gasteiger partial charge on any atom is -0.482 e. The Morgan fingerprint density at radius 2 is 1.96 bits per heavy atom. The molecule has 0 aliphatic carbocycles. The second kappa shape index (κ2) is 5.81. The first kappa shape index (κ1) is 15.0. The van der Waals surface area contributed by atoms with E-state index in [4.69, 9.17) is 9.47 Å². The van der Waals surface area contributed by atoms with Crippen molar-refractivity contribution in [3.05, 3.63) is 35.9 Å². The Labute approximate surface area is 140 Å². The van der Waals surface area contributed by atoms with Crippen LogP contribution in [0.15, 0.2) is 24.3 Å². The molecule has 126 valence electrons. The Morgan fingerprint density at radius 1 is 1.21 bits per heavy atom. The molecule has 7 nitrogen and oxygen atoms in total. The molecule has 2 aromatic rings. The molecule has 24 heavy (non-hydrogen) atoms. The summed E-state index contributed by atoms with van der Waals surface area (Å²) < 4.78 is 13.9. The maximum absolute atomic E-state index is 12.9. The summed E-state index contributed by atoms with van der Waals surface area (Å²) in [5.41, 5.74) is 0. The number of aryl methyl sites for hydroxylation is 1. The van der Waals surface area contributed by atoms with Gasteiger partial charge >= 0.3 is 0 Å². The Balaban J connectivity index is 1.52. The highest BCUT2D eigenvalue weighted by atomic mass is 16.6. The molecule has 2 aliphatic rings. The van der Waals surface area contributed by atoms with Gasteiger partial charge in [-0.1, -0.05) is 19.1 Å². The first-order valence-corrected chi connectivity index (χ1v) is 8.29. The number of nitrogens with zero attached hydrogens (tertiary/aromatic N) is 4. The molecule has 7 heteroatoms. The fourth-order valence-electron chi connectivity index (χ4n) is 3.24. The molecule has 0 radical (unpaired) electrons. The lowest BCUT2D eigenvalue weighted by molar-refractivity contribution is -0.146. The van der Waals surface area contributed by atoms with Gasteiger partial charge in [-0.3, -0.25) is 4.79 Å². The van der Waals surface area contributed by atoms with Gasteiger partial charge in [0.15, 0.2) is 17.3 Å². The second-order valence-electron chi connectivity index (χ2n) is 6.11. The van der Waals surface area contributed by atoms with Gasteiger partial charge in [-0.15, -0.1) is 10.2 Å². The first-order chi connectivity index (χ1) is 11.7. The number of rotatable bonds is 2. The van der Waals surface area contributed by atoms with Crippen molar-refractivity contribution in [2.45, 2.75) is 45.6 Å². The molecule has 4 rings (SSSR count). The molecule has 0 N–H and O–H groups in total. The number of aromatic nitrogens is 3. The largest absolute Gasteiger partial charge is 0.482 e. The van der Waals surface area contributed by atoms with Gasteiger partial charge in [0.05, 0.1) is 6.54 Å². The summed E-state index contributed by atoms with van der Waals surface area (Å²) in [5, 5.41) is 8.39. The van der Waals surface area contributed by atoms with Crippen molar-refractivity contribution < 1.29 is 14.3 Å². The fourth-order valence-corrected chi connectivity index (χ4v) is 3.24. The molecule has 0 saturated heterocycles. The van der Waals surface area contributed by atoms with Crippen LogP contribution in [0.5, 0.6) is 11.5 Å². The molecule has 1 amide bonds. The minimum absolute atomic E-state index is 0.0655. The lowest BCUT2D eigenvalue weighted by Crippen LogP contribution is -2.52. The van der Waals surface area contributed by atoms with Gasteiger partial charge < -0.3 is 18.9 Å². The predicted octanol–water partition coefficient (Wildman–Crippen LogP) is 1.41. The zero-order valence-electron chi connectivity index (χ0n) is 13.8. The van der Waals surface area contributed by atoms with Gasteiger partial charge in [0.1, 0.15) is 11.9 Å². The van der Waals surface area contributed by atoms with Crippen LogP contribution in [0.2, 0.25) is 0 Å². The third-order valence-electron chi connectivity index (χ3n) is 4.54. The van der Waals surface area contributed by atoms with E-state index in [0.717, 1.165) is 24.6 Å². The molecule has 0 unspecified atom stereocenters. The van der Waals surface area contributed by atoms with Crippen molar-refractivity contribution in [1.29, 1.82) is 0 Å². The maximum Gasteiger partial charge on any atom is 0.268 e. The van der Waals surface area contributed by atoms with Crippen LogP contribution in [0, 0.1) is 0 Å². The molecule has 3 heterocycles. The summed E-state index contributed by atoms with van der Waals surface area (Å²) in [6, 6.07) is 7.43. The van der Waals surface area contributed by atoms with Gasteiger partial charge in [0.2, 0.25) is 6.10 Å². The van der Waals surface area contributed by atoms with Crippen molar-refractivity contribution >= 4 is 5.91 Å². The highest BCUT2D eigenvalue weighted by molar-refractivity contribution is 5.82. The standard InChI is InChI=1S/C17H20N4O3/c1-3-14-18-19-15-10-20(8-9-21(14)15)17(22)16-11(2)23-12-6-4-5-7-13(12)24-16/h4-7,11,16H,3,8-10H2,1-2H3/t11-,16+/m1/s1. The highest BCUT2D eigenvalue weighted by Gasteiger charge is 2.38. The van der Waals surface area contributed by atoms with Gasteiger partial charge in [-0.25, -0.2) is 0 Å².